The third kappa shape index (κ3) is 2.63. The number of nitrogens with one attached hydrogen (secondary N) is 1. The molecule has 1 aliphatic rings. The molecular weight excluding hydrogens is 281 g/mol. The molecule has 1 fully saturated rings. The number of alkyl carbamates (subject to hydrolysis) is 1. The standard InChI is InChI=1S/C10H9BrFNO3/c11-8-3-6(1-2-9(8)12)15-5-7-4-13-10(14)16-7/h1-3,7H,4-5H2,(H,13,14). The minimum atomic E-state index is -0.436. The van der Waals surface area contributed by atoms with Crippen LogP contribution in [0.4, 0.5) is 9.18 Å². The molecule has 0 bridgehead atoms. The monoisotopic (exact) mass is 289 g/mol. The molecule has 6 heteroatoms. The van der Waals surface area contributed by atoms with Crippen molar-refractivity contribution >= 4 is 22.0 Å². The van der Waals surface area contributed by atoms with E-state index in [2.05, 4.69) is 21.2 Å². The van der Waals surface area contributed by atoms with Crippen LogP contribution in [-0.4, -0.2) is 25.3 Å². The third-order valence-electron chi connectivity index (χ3n) is 2.07. The Kier molecular flexibility index (Phi) is 3.28. The molecule has 1 aliphatic heterocycles. The molecule has 16 heavy (non-hydrogen) atoms. The van der Waals surface area contributed by atoms with Crippen LogP contribution in [0.15, 0.2) is 22.7 Å². The molecular formula is C10H9BrFNO3. The van der Waals surface area contributed by atoms with Crippen LogP contribution in [0.25, 0.3) is 0 Å². The van der Waals surface area contributed by atoms with Crippen LogP contribution in [0, 0.1) is 5.82 Å². The molecule has 4 nitrogen and oxygen atoms in total. The van der Waals surface area contributed by atoms with E-state index in [1.54, 1.807) is 0 Å². The quantitative estimate of drug-likeness (QED) is 0.927. The summed E-state index contributed by atoms with van der Waals surface area (Å²) in [6, 6.07) is 4.35. The molecule has 0 aromatic heterocycles. The van der Waals surface area contributed by atoms with Gasteiger partial charge in [-0.15, -0.1) is 0 Å². The van der Waals surface area contributed by atoms with E-state index in [4.69, 9.17) is 9.47 Å². The minimum Gasteiger partial charge on any atom is -0.490 e. The van der Waals surface area contributed by atoms with E-state index in [1.165, 1.54) is 18.2 Å². The summed E-state index contributed by atoms with van der Waals surface area (Å²) in [5.74, 6) is 0.178. The maximum absolute atomic E-state index is 12.9. The topological polar surface area (TPSA) is 47.6 Å². The van der Waals surface area contributed by atoms with E-state index in [9.17, 15) is 9.18 Å². The highest BCUT2D eigenvalue weighted by Gasteiger charge is 2.22. The van der Waals surface area contributed by atoms with E-state index in [1.807, 2.05) is 0 Å². The normalized spacial score (nSPS) is 19.1. The Labute approximate surface area is 99.9 Å². The molecule has 1 aromatic rings. The van der Waals surface area contributed by atoms with Crippen molar-refractivity contribution in [2.24, 2.45) is 0 Å². The van der Waals surface area contributed by atoms with Gasteiger partial charge in [0.05, 0.1) is 11.0 Å². The summed E-state index contributed by atoms with van der Waals surface area (Å²) in [6.07, 6.45) is -0.731. The molecule has 2 rings (SSSR count). The van der Waals surface area contributed by atoms with E-state index in [0.29, 0.717) is 16.8 Å². The zero-order chi connectivity index (χ0) is 11.5. The predicted octanol–water partition coefficient (Wildman–Crippen LogP) is 2.08. The van der Waals surface area contributed by atoms with Gasteiger partial charge in [-0.1, -0.05) is 0 Å². The highest BCUT2D eigenvalue weighted by atomic mass is 79.9. The summed E-state index contributed by atoms with van der Waals surface area (Å²) in [6.45, 7) is 0.679. The van der Waals surface area contributed by atoms with Gasteiger partial charge < -0.3 is 14.8 Å². The molecule has 0 aliphatic carbocycles. The fraction of sp³-hybridized carbons (Fsp3) is 0.300. The number of halogens is 2. The molecule has 86 valence electrons. The lowest BCUT2D eigenvalue weighted by molar-refractivity contribution is 0.105. The lowest BCUT2D eigenvalue weighted by atomic mass is 10.3. The van der Waals surface area contributed by atoms with Gasteiger partial charge in [0.1, 0.15) is 18.2 Å². The van der Waals surface area contributed by atoms with Crippen molar-refractivity contribution in [3.05, 3.63) is 28.5 Å². The van der Waals surface area contributed by atoms with Crippen LogP contribution in [0.2, 0.25) is 0 Å². The van der Waals surface area contributed by atoms with Crippen molar-refractivity contribution < 1.29 is 18.7 Å². The average molecular weight is 290 g/mol. The first-order valence-electron chi connectivity index (χ1n) is 4.67. The molecule has 1 atom stereocenters. The second-order valence-electron chi connectivity index (χ2n) is 3.30. The largest absolute Gasteiger partial charge is 0.490 e. The second kappa shape index (κ2) is 4.69. The highest BCUT2D eigenvalue weighted by Crippen LogP contribution is 2.21. The third-order valence-corrected chi connectivity index (χ3v) is 2.68. The molecule has 1 amide bonds. The van der Waals surface area contributed by atoms with E-state index < -0.39 is 6.09 Å². The maximum Gasteiger partial charge on any atom is 0.407 e. The zero-order valence-electron chi connectivity index (χ0n) is 8.20. The first-order chi connectivity index (χ1) is 7.65. The molecule has 1 heterocycles. The summed E-state index contributed by atoms with van der Waals surface area (Å²) in [5.41, 5.74) is 0. The fourth-order valence-corrected chi connectivity index (χ4v) is 1.64. The molecule has 0 spiro atoms. The Morgan fingerprint density at radius 2 is 2.44 bits per heavy atom. The SMILES string of the molecule is O=C1NCC(COc2ccc(F)c(Br)c2)O1. The number of cyclic esters (lactones) is 1. The summed E-state index contributed by atoms with van der Waals surface area (Å²) >= 11 is 3.06. The van der Waals surface area contributed by atoms with Crippen molar-refractivity contribution in [3.63, 3.8) is 0 Å². The predicted molar refractivity (Wildman–Crippen MR) is 57.9 cm³/mol. The van der Waals surface area contributed by atoms with Crippen molar-refractivity contribution in [2.45, 2.75) is 6.10 Å². The lowest BCUT2D eigenvalue weighted by Crippen LogP contribution is -2.21. The smallest absolute Gasteiger partial charge is 0.407 e. The first-order valence-corrected chi connectivity index (χ1v) is 5.47. The Morgan fingerprint density at radius 3 is 3.06 bits per heavy atom. The van der Waals surface area contributed by atoms with Gasteiger partial charge in [-0.25, -0.2) is 9.18 Å². The van der Waals surface area contributed by atoms with Gasteiger partial charge >= 0.3 is 6.09 Å². The van der Waals surface area contributed by atoms with Crippen molar-refractivity contribution in [1.82, 2.24) is 5.32 Å². The van der Waals surface area contributed by atoms with Crippen LogP contribution < -0.4 is 10.1 Å². The van der Waals surface area contributed by atoms with Crippen LogP contribution in [-0.2, 0) is 4.74 Å². The van der Waals surface area contributed by atoms with Crippen LogP contribution in [0.3, 0.4) is 0 Å². The van der Waals surface area contributed by atoms with Crippen LogP contribution in [0.5, 0.6) is 5.75 Å². The zero-order valence-corrected chi connectivity index (χ0v) is 9.79. The summed E-state index contributed by atoms with van der Waals surface area (Å²) in [4.78, 5) is 10.7. The summed E-state index contributed by atoms with van der Waals surface area (Å²) in [5, 5.41) is 2.52. The Balaban J connectivity index is 1.89. The maximum atomic E-state index is 12.9. The summed E-state index contributed by atoms with van der Waals surface area (Å²) in [7, 11) is 0. The van der Waals surface area contributed by atoms with Crippen molar-refractivity contribution in [1.29, 1.82) is 0 Å². The molecule has 0 radical (unpaired) electrons. The Hall–Kier alpha value is -1.30. The van der Waals surface area contributed by atoms with Gasteiger partial charge in [-0.3, -0.25) is 0 Å². The highest BCUT2D eigenvalue weighted by molar-refractivity contribution is 9.10. The number of amides is 1. The minimum absolute atomic E-state index is 0.247. The lowest BCUT2D eigenvalue weighted by Gasteiger charge is -2.10. The van der Waals surface area contributed by atoms with Gasteiger partial charge in [0, 0.05) is 0 Å². The number of rotatable bonds is 3. The number of benzene rings is 1. The molecule has 1 unspecified atom stereocenters. The molecule has 0 saturated carbocycles. The van der Waals surface area contributed by atoms with E-state index >= 15 is 0 Å². The number of hydrogen-bond acceptors (Lipinski definition) is 3. The Morgan fingerprint density at radius 1 is 1.62 bits per heavy atom. The molecule has 1 aromatic carbocycles. The number of carbonyl (C=O) groups excluding carboxylic acids is 1. The van der Waals surface area contributed by atoms with Gasteiger partial charge in [-0.2, -0.15) is 0 Å². The van der Waals surface area contributed by atoms with Gasteiger partial charge in [-0.05, 0) is 34.1 Å². The van der Waals surface area contributed by atoms with Crippen molar-refractivity contribution in [3.8, 4) is 5.75 Å². The van der Waals surface area contributed by atoms with Gasteiger partial charge in [0.2, 0.25) is 0 Å². The number of hydrogen-bond donors (Lipinski definition) is 1. The first kappa shape index (κ1) is 11.2. The van der Waals surface area contributed by atoms with E-state index in [-0.39, 0.29) is 18.5 Å². The Bertz CT molecular complexity index is 413. The second-order valence-corrected chi connectivity index (χ2v) is 4.15. The average Bonchev–Trinajstić information content (AvgIpc) is 2.66. The summed E-state index contributed by atoms with van der Waals surface area (Å²) < 4.78 is 23.5. The fourth-order valence-electron chi connectivity index (χ4n) is 1.28. The van der Waals surface area contributed by atoms with E-state index in [0.717, 1.165) is 0 Å². The number of carbonyl (C=O) groups is 1. The van der Waals surface area contributed by atoms with Gasteiger partial charge in [0.25, 0.3) is 0 Å². The van der Waals surface area contributed by atoms with Crippen LogP contribution in [0.1, 0.15) is 0 Å². The van der Waals surface area contributed by atoms with Crippen LogP contribution >= 0.6 is 15.9 Å². The molecule has 1 N–H and O–H groups in total. The molecule has 1 saturated heterocycles. The van der Waals surface area contributed by atoms with Crippen molar-refractivity contribution in [2.75, 3.05) is 13.2 Å². The number of ether oxygens (including phenoxy) is 2. The van der Waals surface area contributed by atoms with Gasteiger partial charge in [0.15, 0.2) is 6.10 Å².